The van der Waals surface area contributed by atoms with Crippen LogP contribution in [-0.4, -0.2) is 33.0 Å². The lowest BCUT2D eigenvalue weighted by molar-refractivity contribution is 0.578. The maximum Gasteiger partial charge on any atom is 0.0892 e. The van der Waals surface area contributed by atoms with E-state index in [4.69, 9.17) is 9.97 Å². The van der Waals surface area contributed by atoms with Crippen molar-refractivity contribution < 1.29 is 0 Å². The van der Waals surface area contributed by atoms with Gasteiger partial charge in [0.1, 0.15) is 0 Å². The second-order valence-electron chi connectivity index (χ2n) is 11.1. The Morgan fingerprint density at radius 3 is 1.86 bits per heavy atom. The molecule has 0 saturated carbocycles. The monoisotopic (exact) mass is 545 g/mol. The first-order valence-electron chi connectivity index (χ1n) is 14.8. The highest BCUT2D eigenvalue weighted by Crippen LogP contribution is 2.36. The van der Waals surface area contributed by atoms with Crippen molar-refractivity contribution in [1.82, 2.24) is 19.9 Å². The predicted molar refractivity (Wildman–Crippen MR) is 176 cm³/mol. The van der Waals surface area contributed by atoms with E-state index in [1.54, 1.807) is 0 Å². The van der Waals surface area contributed by atoms with Crippen molar-refractivity contribution in [3.8, 4) is 22.3 Å². The van der Waals surface area contributed by atoms with E-state index in [9.17, 15) is 0 Å². The topological polar surface area (TPSA) is 60.6 Å². The van der Waals surface area contributed by atoms with E-state index in [2.05, 4.69) is 130 Å². The van der Waals surface area contributed by atoms with Crippen LogP contribution in [0.15, 0.2) is 91.0 Å². The van der Waals surface area contributed by atoms with Crippen molar-refractivity contribution in [3.05, 3.63) is 114 Å². The van der Waals surface area contributed by atoms with Gasteiger partial charge in [-0.1, -0.05) is 60.7 Å². The summed E-state index contributed by atoms with van der Waals surface area (Å²) in [4.78, 5) is 20.4. The van der Waals surface area contributed by atoms with Crippen molar-refractivity contribution >= 4 is 52.1 Å². The summed E-state index contributed by atoms with van der Waals surface area (Å²) in [6.45, 7) is 2.06. The van der Waals surface area contributed by atoms with Gasteiger partial charge in [-0.05, 0) is 85.0 Å². The molecular formula is C37H31N5. The predicted octanol–water partition coefficient (Wildman–Crippen LogP) is 8.98. The molecule has 0 spiro atoms. The van der Waals surface area contributed by atoms with E-state index in [1.807, 2.05) is 0 Å². The van der Waals surface area contributed by atoms with Crippen molar-refractivity contribution in [2.75, 3.05) is 18.0 Å². The molecule has 5 heteroatoms. The Bertz CT molecular complexity index is 1970. The molecule has 0 radical (unpaired) electrons. The molecule has 3 aromatic heterocycles. The Labute approximate surface area is 244 Å². The molecule has 2 aromatic carbocycles. The Morgan fingerprint density at radius 1 is 0.524 bits per heavy atom. The van der Waals surface area contributed by atoms with E-state index in [-0.39, 0.29) is 0 Å². The molecule has 3 aliphatic heterocycles. The normalized spacial score (nSPS) is 14.4. The van der Waals surface area contributed by atoms with Gasteiger partial charge in [0, 0.05) is 40.8 Å². The zero-order valence-corrected chi connectivity index (χ0v) is 23.3. The molecule has 42 heavy (non-hydrogen) atoms. The number of hydrogen-bond acceptors (Lipinski definition) is 3. The van der Waals surface area contributed by atoms with Gasteiger partial charge in [-0.3, -0.25) is 0 Å². The van der Waals surface area contributed by atoms with Gasteiger partial charge >= 0.3 is 0 Å². The highest BCUT2D eigenvalue weighted by molar-refractivity contribution is 5.96. The van der Waals surface area contributed by atoms with Crippen LogP contribution in [0, 0.1) is 0 Å². The van der Waals surface area contributed by atoms with Gasteiger partial charge in [0.25, 0.3) is 0 Å². The SMILES string of the molecule is C1=Cc2nc1cc1ccc([nH]1)c(-c1ccccc1)c1nc(c(N3CCCCC3)c3ccc([nH]3)c2-c2ccccc2)C=C1. The third kappa shape index (κ3) is 4.44. The Morgan fingerprint density at radius 2 is 1.12 bits per heavy atom. The van der Waals surface area contributed by atoms with Crippen LogP contribution in [-0.2, 0) is 0 Å². The molecular weight excluding hydrogens is 514 g/mol. The maximum atomic E-state index is 5.32. The van der Waals surface area contributed by atoms with Gasteiger partial charge in [0.2, 0.25) is 0 Å². The lowest BCUT2D eigenvalue weighted by Gasteiger charge is -2.29. The van der Waals surface area contributed by atoms with Crippen LogP contribution in [0.1, 0.15) is 42.0 Å². The average Bonchev–Trinajstić information content (AvgIpc) is 3.86. The second kappa shape index (κ2) is 10.3. The van der Waals surface area contributed by atoms with Crippen LogP contribution >= 0.6 is 0 Å². The number of piperidine rings is 1. The van der Waals surface area contributed by atoms with Crippen molar-refractivity contribution in [3.63, 3.8) is 0 Å². The summed E-state index contributed by atoms with van der Waals surface area (Å²) in [6.07, 6.45) is 12.2. The molecule has 0 amide bonds. The smallest absolute Gasteiger partial charge is 0.0892 e. The number of anilines is 1. The summed E-state index contributed by atoms with van der Waals surface area (Å²) >= 11 is 0. The molecule has 8 rings (SSSR count). The fraction of sp³-hybridized carbons (Fsp3) is 0.135. The van der Waals surface area contributed by atoms with Crippen molar-refractivity contribution in [2.24, 2.45) is 0 Å². The maximum absolute atomic E-state index is 5.32. The molecule has 6 heterocycles. The molecule has 5 nitrogen and oxygen atoms in total. The van der Waals surface area contributed by atoms with E-state index >= 15 is 0 Å². The molecule has 0 aliphatic carbocycles. The Kier molecular flexibility index (Phi) is 6.07. The first-order chi connectivity index (χ1) is 20.8. The van der Waals surface area contributed by atoms with E-state index in [0.29, 0.717) is 0 Å². The molecule has 5 aromatic rings. The van der Waals surface area contributed by atoms with Crippen molar-refractivity contribution in [2.45, 2.75) is 19.3 Å². The highest BCUT2D eigenvalue weighted by atomic mass is 15.1. The number of nitrogens with zero attached hydrogens (tertiary/aromatic N) is 3. The molecule has 2 N–H and O–H groups in total. The summed E-state index contributed by atoms with van der Waals surface area (Å²) in [6, 6.07) is 31.9. The number of rotatable bonds is 3. The minimum Gasteiger partial charge on any atom is -0.368 e. The van der Waals surface area contributed by atoms with Crippen LogP contribution in [0.4, 0.5) is 5.69 Å². The minimum atomic E-state index is 0.918. The Hall–Kier alpha value is -5.16. The fourth-order valence-corrected chi connectivity index (χ4v) is 6.39. The lowest BCUT2D eigenvalue weighted by atomic mass is 10.0. The lowest BCUT2D eigenvalue weighted by Crippen LogP contribution is -2.30. The summed E-state index contributed by atoms with van der Waals surface area (Å²) in [5.41, 5.74) is 13.6. The zero-order valence-electron chi connectivity index (χ0n) is 23.3. The molecule has 1 fully saturated rings. The molecule has 0 atom stereocenters. The first-order valence-corrected chi connectivity index (χ1v) is 14.8. The number of fused-ring (bicyclic) bond motifs is 8. The molecule has 8 bridgehead atoms. The number of benzene rings is 2. The standard InChI is InChI=1S/C37H31N5/c1-4-10-25(11-5-1)35-29-16-14-27(38-29)24-28-15-17-30(39-28)36(26-12-6-2-7-13-26)32-19-21-34(41-32)37(33-20-18-31(35)40-33)42-22-8-3-9-23-42/h1-2,4-7,10-21,24,38,41H,3,8-9,22-23H2. The van der Waals surface area contributed by atoms with Gasteiger partial charge in [0.15, 0.2) is 0 Å². The molecule has 3 aliphatic rings. The van der Waals surface area contributed by atoms with E-state index in [1.165, 1.54) is 19.3 Å². The number of aromatic nitrogens is 4. The van der Waals surface area contributed by atoms with Crippen LogP contribution in [0.3, 0.4) is 0 Å². The van der Waals surface area contributed by atoms with Gasteiger partial charge in [-0.2, -0.15) is 0 Å². The van der Waals surface area contributed by atoms with E-state index in [0.717, 1.165) is 85.9 Å². The quantitative estimate of drug-likeness (QED) is 0.233. The number of hydrogen-bond donors (Lipinski definition) is 2. The Balaban J connectivity index is 1.51. The third-order valence-electron chi connectivity index (χ3n) is 8.35. The van der Waals surface area contributed by atoms with Crippen LogP contribution < -0.4 is 4.90 Å². The fourth-order valence-electron chi connectivity index (χ4n) is 6.39. The van der Waals surface area contributed by atoms with Crippen LogP contribution in [0.25, 0.3) is 68.6 Å². The van der Waals surface area contributed by atoms with Gasteiger partial charge in [-0.15, -0.1) is 0 Å². The minimum absolute atomic E-state index is 0.918. The second-order valence-corrected chi connectivity index (χ2v) is 11.1. The average molecular weight is 546 g/mol. The summed E-state index contributed by atoms with van der Waals surface area (Å²) in [5, 5.41) is 0. The number of nitrogens with one attached hydrogen (secondary N) is 2. The summed E-state index contributed by atoms with van der Waals surface area (Å²) < 4.78 is 0. The molecule has 204 valence electrons. The number of aromatic amines is 2. The van der Waals surface area contributed by atoms with Gasteiger partial charge in [-0.25, -0.2) is 9.97 Å². The summed E-state index contributed by atoms with van der Waals surface area (Å²) in [7, 11) is 0. The van der Waals surface area contributed by atoms with E-state index < -0.39 is 0 Å². The third-order valence-corrected chi connectivity index (χ3v) is 8.35. The zero-order chi connectivity index (χ0) is 27.9. The van der Waals surface area contributed by atoms with Crippen LogP contribution in [0.5, 0.6) is 0 Å². The van der Waals surface area contributed by atoms with Gasteiger partial charge in [0.05, 0.1) is 34.0 Å². The summed E-state index contributed by atoms with van der Waals surface area (Å²) in [5.74, 6) is 0. The first kappa shape index (κ1) is 24.6. The molecule has 0 unspecified atom stereocenters. The largest absolute Gasteiger partial charge is 0.368 e. The van der Waals surface area contributed by atoms with Crippen molar-refractivity contribution in [1.29, 1.82) is 0 Å². The molecule has 1 saturated heterocycles. The number of H-pyrrole nitrogens is 2. The van der Waals surface area contributed by atoms with Gasteiger partial charge < -0.3 is 14.9 Å². The van der Waals surface area contributed by atoms with Crippen LogP contribution in [0.2, 0.25) is 0 Å². The highest BCUT2D eigenvalue weighted by Gasteiger charge is 2.20.